The van der Waals surface area contributed by atoms with Crippen LogP contribution in [-0.4, -0.2) is 10.9 Å². The normalized spacial score (nSPS) is 10.9. The lowest BCUT2D eigenvalue weighted by Gasteiger charge is -2.07. The Kier molecular flexibility index (Phi) is 3.74. The summed E-state index contributed by atoms with van der Waals surface area (Å²) in [4.78, 5) is 15.6. The van der Waals surface area contributed by atoms with E-state index in [2.05, 4.69) is 26.2 Å². The third kappa shape index (κ3) is 2.64. The summed E-state index contributed by atoms with van der Waals surface area (Å²) in [6.07, 6.45) is 0. The molecule has 2 aromatic carbocycles. The maximum atomic E-state index is 13.8. The number of aromatic amines is 1. The number of fused-ring (bicyclic) bond motifs is 1. The molecule has 0 aliphatic rings. The highest BCUT2D eigenvalue weighted by atomic mass is 79.9. The van der Waals surface area contributed by atoms with Crippen molar-refractivity contribution in [3.63, 3.8) is 0 Å². The fraction of sp³-hybridized carbons (Fsp3) is 0.118. The summed E-state index contributed by atoms with van der Waals surface area (Å²) in [5.41, 5.74) is 3.83. The van der Waals surface area contributed by atoms with Crippen molar-refractivity contribution in [3.05, 3.63) is 63.5 Å². The summed E-state index contributed by atoms with van der Waals surface area (Å²) in [6.45, 7) is 4.00. The predicted octanol–water partition coefficient (Wildman–Crippen LogP) is 4.94. The number of hydrogen-bond donors (Lipinski definition) is 2. The van der Waals surface area contributed by atoms with E-state index in [0.29, 0.717) is 10.0 Å². The van der Waals surface area contributed by atoms with Gasteiger partial charge in [-0.2, -0.15) is 0 Å². The topological polar surface area (TPSA) is 44.9 Å². The Morgan fingerprint density at radius 2 is 1.95 bits per heavy atom. The molecule has 0 fully saturated rings. The maximum absolute atomic E-state index is 13.8. The summed E-state index contributed by atoms with van der Waals surface area (Å²) in [7, 11) is 0. The minimum atomic E-state index is -0.475. The average Bonchev–Trinajstić information content (AvgIpc) is 2.77. The summed E-state index contributed by atoms with van der Waals surface area (Å²) in [5.74, 6) is -0.807. The molecule has 0 atom stereocenters. The van der Waals surface area contributed by atoms with Gasteiger partial charge in [0.1, 0.15) is 5.82 Å². The molecule has 0 bridgehead atoms. The number of halogens is 2. The molecule has 112 valence electrons. The van der Waals surface area contributed by atoms with Gasteiger partial charge in [0.05, 0.1) is 5.69 Å². The van der Waals surface area contributed by atoms with Crippen LogP contribution in [0.15, 0.2) is 40.9 Å². The number of carbonyl (C=O) groups excluding carboxylic acids is 1. The molecular formula is C17H14BrFN2O. The van der Waals surface area contributed by atoms with E-state index in [1.807, 2.05) is 26.0 Å². The monoisotopic (exact) mass is 360 g/mol. The molecule has 0 aliphatic carbocycles. The fourth-order valence-electron chi connectivity index (χ4n) is 2.39. The van der Waals surface area contributed by atoms with Crippen molar-refractivity contribution in [2.75, 3.05) is 5.32 Å². The number of aromatic nitrogens is 1. The Morgan fingerprint density at radius 1 is 1.18 bits per heavy atom. The molecule has 1 amide bonds. The van der Waals surface area contributed by atoms with Crippen molar-refractivity contribution in [2.45, 2.75) is 13.8 Å². The molecule has 0 spiro atoms. The quantitative estimate of drug-likeness (QED) is 0.667. The lowest BCUT2D eigenvalue weighted by Crippen LogP contribution is -2.12. The lowest BCUT2D eigenvalue weighted by atomic mass is 10.1. The minimum absolute atomic E-state index is 0.162. The first-order chi connectivity index (χ1) is 10.5. The van der Waals surface area contributed by atoms with E-state index in [9.17, 15) is 9.18 Å². The van der Waals surface area contributed by atoms with E-state index in [0.717, 1.165) is 22.2 Å². The summed E-state index contributed by atoms with van der Waals surface area (Å²) < 4.78 is 14.4. The first-order valence-corrected chi connectivity index (χ1v) is 7.60. The number of amides is 1. The van der Waals surface area contributed by atoms with Crippen molar-refractivity contribution in [3.8, 4) is 0 Å². The fourth-order valence-corrected chi connectivity index (χ4v) is 2.72. The van der Waals surface area contributed by atoms with Gasteiger partial charge in [-0.1, -0.05) is 15.9 Å². The Balaban J connectivity index is 1.93. The lowest BCUT2D eigenvalue weighted by molar-refractivity contribution is 0.102. The number of hydrogen-bond acceptors (Lipinski definition) is 1. The number of anilines is 1. The predicted molar refractivity (Wildman–Crippen MR) is 89.8 cm³/mol. The molecule has 1 aromatic heterocycles. The largest absolute Gasteiger partial charge is 0.358 e. The van der Waals surface area contributed by atoms with E-state index < -0.39 is 5.82 Å². The van der Waals surface area contributed by atoms with E-state index in [4.69, 9.17) is 0 Å². The number of benzene rings is 2. The molecule has 3 nitrogen and oxygen atoms in total. The number of aryl methyl sites for hydroxylation is 2. The average molecular weight is 361 g/mol. The van der Waals surface area contributed by atoms with Gasteiger partial charge in [0.2, 0.25) is 0 Å². The summed E-state index contributed by atoms with van der Waals surface area (Å²) in [5, 5.41) is 3.60. The van der Waals surface area contributed by atoms with Crippen LogP contribution < -0.4 is 5.32 Å². The minimum Gasteiger partial charge on any atom is -0.358 e. The zero-order valence-electron chi connectivity index (χ0n) is 12.1. The highest BCUT2D eigenvalue weighted by Gasteiger charge is 2.12. The summed E-state index contributed by atoms with van der Waals surface area (Å²) in [6, 6.07) is 9.94. The number of rotatable bonds is 2. The van der Waals surface area contributed by atoms with Crippen molar-refractivity contribution in [1.29, 1.82) is 0 Å². The van der Waals surface area contributed by atoms with Gasteiger partial charge in [0, 0.05) is 26.6 Å². The molecule has 1 heterocycles. The number of nitrogens with one attached hydrogen (secondary N) is 2. The van der Waals surface area contributed by atoms with Gasteiger partial charge in [-0.25, -0.2) is 4.39 Å². The Hall–Kier alpha value is -2.14. The highest BCUT2D eigenvalue weighted by Crippen LogP contribution is 2.24. The smallest absolute Gasteiger partial charge is 0.255 e. The van der Waals surface area contributed by atoms with Gasteiger partial charge >= 0.3 is 0 Å². The van der Waals surface area contributed by atoms with Crippen LogP contribution in [0, 0.1) is 19.7 Å². The number of H-pyrrole nitrogens is 1. The van der Waals surface area contributed by atoms with Gasteiger partial charge in [-0.15, -0.1) is 0 Å². The van der Waals surface area contributed by atoms with E-state index >= 15 is 0 Å². The molecule has 5 heteroatoms. The third-order valence-electron chi connectivity index (χ3n) is 3.75. The molecular weight excluding hydrogens is 347 g/mol. The van der Waals surface area contributed by atoms with Crippen LogP contribution in [-0.2, 0) is 0 Å². The molecule has 22 heavy (non-hydrogen) atoms. The Labute approximate surface area is 135 Å². The van der Waals surface area contributed by atoms with Crippen molar-refractivity contribution >= 4 is 38.4 Å². The van der Waals surface area contributed by atoms with Gasteiger partial charge in [-0.3, -0.25) is 4.79 Å². The molecule has 3 rings (SSSR count). The van der Waals surface area contributed by atoms with E-state index in [1.165, 1.54) is 12.1 Å². The van der Waals surface area contributed by atoms with Crippen molar-refractivity contribution in [2.24, 2.45) is 0 Å². The number of carbonyl (C=O) groups is 1. The van der Waals surface area contributed by atoms with Gasteiger partial charge < -0.3 is 10.3 Å². The zero-order valence-corrected chi connectivity index (χ0v) is 13.7. The molecule has 3 aromatic rings. The van der Waals surface area contributed by atoms with Gasteiger partial charge in [-0.05, 0) is 55.8 Å². The SMILES string of the molecule is Cc1[nH]c2ccc(C(=O)Nc3ccc(Br)cc3F)cc2c1C. The maximum Gasteiger partial charge on any atom is 0.255 e. The van der Waals surface area contributed by atoms with Crippen LogP contribution in [0.4, 0.5) is 10.1 Å². The first kappa shape index (κ1) is 14.8. The second kappa shape index (κ2) is 5.57. The molecule has 0 unspecified atom stereocenters. The zero-order chi connectivity index (χ0) is 15.9. The van der Waals surface area contributed by atoms with Crippen LogP contribution in [0.3, 0.4) is 0 Å². The third-order valence-corrected chi connectivity index (χ3v) is 4.24. The van der Waals surface area contributed by atoms with Crippen LogP contribution in [0.5, 0.6) is 0 Å². The van der Waals surface area contributed by atoms with Crippen LogP contribution in [0.25, 0.3) is 10.9 Å². The Bertz CT molecular complexity index is 886. The highest BCUT2D eigenvalue weighted by molar-refractivity contribution is 9.10. The van der Waals surface area contributed by atoms with Crippen LogP contribution in [0.2, 0.25) is 0 Å². The standard InChI is InChI=1S/C17H14BrFN2O/c1-9-10(2)20-15-5-3-11(7-13(9)15)17(22)21-16-6-4-12(18)8-14(16)19/h3-8,20H,1-2H3,(H,21,22). The van der Waals surface area contributed by atoms with Gasteiger partial charge in [0.15, 0.2) is 0 Å². The second-order valence-electron chi connectivity index (χ2n) is 5.21. The van der Waals surface area contributed by atoms with Crippen LogP contribution in [0.1, 0.15) is 21.6 Å². The molecule has 0 aliphatic heterocycles. The molecule has 0 saturated carbocycles. The Morgan fingerprint density at radius 3 is 2.68 bits per heavy atom. The van der Waals surface area contributed by atoms with Gasteiger partial charge in [0.25, 0.3) is 5.91 Å². The summed E-state index contributed by atoms with van der Waals surface area (Å²) >= 11 is 3.19. The first-order valence-electron chi connectivity index (χ1n) is 6.81. The molecule has 0 saturated heterocycles. The van der Waals surface area contributed by atoms with Crippen LogP contribution >= 0.6 is 15.9 Å². The van der Waals surface area contributed by atoms with E-state index in [-0.39, 0.29) is 11.6 Å². The van der Waals surface area contributed by atoms with Crippen molar-refractivity contribution in [1.82, 2.24) is 4.98 Å². The second-order valence-corrected chi connectivity index (χ2v) is 6.13. The molecule has 2 N–H and O–H groups in total. The van der Waals surface area contributed by atoms with E-state index in [1.54, 1.807) is 12.1 Å². The van der Waals surface area contributed by atoms with Crippen molar-refractivity contribution < 1.29 is 9.18 Å². The molecule has 0 radical (unpaired) electrons.